The van der Waals surface area contributed by atoms with E-state index in [-0.39, 0.29) is 42.3 Å². The van der Waals surface area contributed by atoms with Crippen molar-refractivity contribution in [3.8, 4) is 0 Å². The molecule has 2 heterocycles. The predicted octanol–water partition coefficient (Wildman–Crippen LogP) is 6.06. The number of esters is 1. The lowest BCUT2D eigenvalue weighted by Crippen LogP contribution is -2.44. The molecule has 0 saturated heterocycles. The highest BCUT2D eigenvalue weighted by Crippen LogP contribution is 2.35. The number of rotatable bonds is 7. The Balaban J connectivity index is 2.31. The molecule has 2 aliphatic rings. The molecule has 10 atom stereocenters. The average Bonchev–Trinajstić information content (AvgIpc) is 2.92. The first-order valence-electron chi connectivity index (χ1n) is 15.7. The van der Waals surface area contributed by atoms with Crippen molar-refractivity contribution in [2.45, 2.75) is 137 Å². The van der Waals surface area contributed by atoms with E-state index in [9.17, 15) is 24.9 Å². The molecule has 2 bridgehead atoms. The molecule has 2 rings (SSSR count). The van der Waals surface area contributed by atoms with Gasteiger partial charge < -0.3 is 24.8 Å². The smallest absolute Gasteiger partial charge is 0.311 e. The summed E-state index contributed by atoms with van der Waals surface area (Å²) in [4.78, 5) is 25.6. The summed E-state index contributed by atoms with van der Waals surface area (Å²) in [6.07, 6.45) is 9.60. The Morgan fingerprint density at radius 2 is 1.78 bits per heavy atom. The molecule has 0 aromatic rings. The average molecular weight is 577 g/mol. The number of cyclic esters (lactones) is 1. The highest BCUT2D eigenvalue weighted by Gasteiger charge is 2.40. The molecule has 0 aliphatic carbocycles. The Labute approximate surface area is 248 Å². The van der Waals surface area contributed by atoms with E-state index in [2.05, 4.69) is 19.9 Å². The molecule has 234 valence electrons. The van der Waals surface area contributed by atoms with Crippen LogP contribution in [0.1, 0.15) is 107 Å². The van der Waals surface area contributed by atoms with E-state index in [4.69, 9.17) is 9.47 Å². The fraction of sp³-hybridized carbons (Fsp3) is 0.765. The van der Waals surface area contributed by atoms with Crippen LogP contribution in [0, 0.1) is 29.6 Å². The SMILES string of the molecule is CCC(=O)[C@@H](C)[C@@H](O)[C@H](C)C[C@@H](C)[C@H]1OC(=O)C[C@@]2(O)CC=C(C)[C@H](O2)/C(C)=C/CCC[C@@H](O)C=C[C@H](C)C[C@H]1C. The van der Waals surface area contributed by atoms with Crippen LogP contribution in [0.4, 0.5) is 0 Å². The predicted molar refractivity (Wildman–Crippen MR) is 162 cm³/mol. The third kappa shape index (κ3) is 10.8. The molecule has 0 aromatic carbocycles. The third-order valence-corrected chi connectivity index (χ3v) is 8.99. The molecule has 0 saturated carbocycles. The molecule has 7 nitrogen and oxygen atoms in total. The Morgan fingerprint density at radius 1 is 1.12 bits per heavy atom. The monoisotopic (exact) mass is 576 g/mol. The number of hydrogen-bond acceptors (Lipinski definition) is 7. The van der Waals surface area contributed by atoms with Crippen molar-refractivity contribution in [3.05, 3.63) is 35.5 Å². The van der Waals surface area contributed by atoms with Gasteiger partial charge in [0.15, 0.2) is 5.79 Å². The highest BCUT2D eigenvalue weighted by atomic mass is 16.6. The van der Waals surface area contributed by atoms with Gasteiger partial charge >= 0.3 is 5.97 Å². The van der Waals surface area contributed by atoms with Crippen molar-refractivity contribution in [1.29, 1.82) is 0 Å². The van der Waals surface area contributed by atoms with Gasteiger partial charge in [0, 0.05) is 18.8 Å². The van der Waals surface area contributed by atoms with E-state index in [1.54, 1.807) is 13.8 Å². The van der Waals surface area contributed by atoms with Crippen LogP contribution in [0.2, 0.25) is 0 Å². The summed E-state index contributed by atoms with van der Waals surface area (Å²) in [5, 5.41) is 32.7. The van der Waals surface area contributed by atoms with Gasteiger partial charge in [0.05, 0.1) is 18.6 Å². The Kier molecular flexibility index (Phi) is 13.9. The van der Waals surface area contributed by atoms with Crippen molar-refractivity contribution < 1.29 is 34.4 Å². The van der Waals surface area contributed by atoms with Crippen LogP contribution >= 0.6 is 0 Å². The number of hydrogen-bond donors (Lipinski definition) is 3. The zero-order valence-electron chi connectivity index (χ0n) is 26.6. The molecule has 0 aromatic heterocycles. The molecular formula is C34H56O7. The van der Waals surface area contributed by atoms with Crippen molar-refractivity contribution in [2.24, 2.45) is 29.6 Å². The van der Waals surface area contributed by atoms with Crippen LogP contribution in [-0.2, 0) is 19.1 Å². The number of fused-ring (bicyclic) bond motifs is 2. The van der Waals surface area contributed by atoms with Gasteiger partial charge in [0.2, 0.25) is 0 Å². The first kappa shape index (κ1) is 35.4. The summed E-state index contributed by atoms with van der Waals surface area (Å²) in [7, 11) is 0. The number of aliphatic hydroxyl groups is 3. The quantitative estimate of drug-likeness (QED) is 0.249. The summed E-state index contributed by atoms with van der Waals surface area (Å²) in [5.41, 5.74) is 1.96. The fourth-order valence-corrected chi connectivity index (χ4v) is 6.41. The van der Waals surface area contributed by atoms with Crippen LogP contribution in [0.25, 0.3) is 0 Å². The van der Waals surface area contributed by atoms with Gasteiger partial charge in [0.25, 0.3) is 0 Å². The van der Waals surface area contributed by atoms with Gasteiger partial charge in [-0.1, -0.05) is 65.8 Å². The second kappa shape index (κ2) is 16.2. The molecule has 2 aliphatic heterocycles. The van der Waals surface area contributed by atoms with E-state index in [1.165, 1.54) is 0 Å². The number of Topliss-reactive ketones (excluding diaryl/α,β-unsaturated/α-hetero) is 1. The lowest BCUT2D eigenvalue weighted by atomic mass is 9.79. The van der Waals surface area contributed by atoms with Crippen LogP contribution in [0.15, 0.2) is 35.5 Å². The Bertz CT molecular complexity index is 953. The standard InChI is InChI=1S/C34H56O7/c1-9-29(36)27(8)31(38)24(5)19-26(7)32-25(6)18-21(2)14-15-28(35)13-11-10-12-22(3)33-23(4)16-17-34(39,41-33)20-30(37)40-32/h12,14-16,21,24-28,31-33,35,38-39H,9-11,13,17-20H2,1-8H3/b15-14?,22-12+/t21-,24+,25+,26+,27+,28+,31-,32-,33+,34+/m0/s1. The number of aliphatic hydroxyl groups excluding tert-OH is 2. The minimum absolute atomic E-state index is 0.0225. The lowest BCUT2D eigenvalue weighted by Gasteiger charge is -2.38. The minimum atomic E-state index is -1.66. The molecule has 3 N–H and O–H groups in total. The summed E-state index contributed by atoms with van der Waals surface area (Å²) < 4.78 is 12.2. The maximum absolute atomic E-state index is 13.3. The zero-order valence-corrected chi connectivity index (χ0v) is 26.6. The molecule has 0 spiro atoms. The maximum Gasteiger partial charge on any atom is 0.311 e. The second-order valence-electron chi connectivity index (χ2n) is 13.0. The summed E-state index contributed by atoms with van der Waals surface area (Å²) >= 11 is 0. The lowest BCUT2D eigenvalue weighted by molar-refractivity contribution is -0.229. The van der Waals surface area contributed by atoms with Gasteiger partial charge in [-0.25, -0.2) is 0 Å². The molecule has 7 heteroatoms. The number of carbonyl (C=O) groups is 2. The van der Waals surface area contributed by atoms with E-state index >= 15 is 0 Å². The van der Waals surface area contributed by atoms with E-state index in [0.29, 0.717) is 19.3 Å². The topological polar surface area (TPSA) is 113 Å². The first-order chi connectivity index (χ1) is 19.2. The third-order valence-electron chi connectivity index (χ3n) is 8.99. The molecular weight excluding hydrogens is 520 g/mol. The summed E-state index contributed by atoms with van der Waals surface area (Å²) in [6, 6.07) is 0. The first-order valence-corrected chi connectivity index (χ1v) is 15.7. The second-order valence-corrected chi connectivity index (χ2v) is 13.0. The minimum Gasteiger partial charge on any atom is -0.462 e. The molecule has 41 heavy (non-hydrogen) atoms. The normalized spacial score (nSPS) is 35.0. The van der Waals surface area contributed by atoms with Gasteiger partial charge in [-0.3, -0.25) is 9.59 Å². The molecule has 0 fully saturated rings. The number of ether oxygens (including phenoxy) is 2. The summed E-state index contributed by atoms with van der Waals surface area (Å²) in [6.45, 7) is 15.6. The van der Waals surface area contributed by atoms with Crippen LogP contribution in [-0.4, -0.2) is 57.3 Å². The Morgan fingerprint density at radius 3 is 2.44 bits per heavy atom. The maximum atomic E-state index is 13.3. The molecule has 0 amide bonds. The van der Waals surface area contributed by atoms with Crippen molar-refractivity contribution >= 4 is 11.8 Å². The van der Waals surface area contributed by atoms with Gasteiger partial charge in [-0.05, 0) is 80.8 Å². The van der Waals surface area contributed by atoms with E-state index in [1.807, 2.05) is 45.9 Å². The van der Waals surface area contributed by atoms with Gasteiger partial charge in [-0.15, -0.1) is 0 Å². The summed E-state index contributed by atoms with van der Waals surface area (Å²) in [5.74, 6) is -2.75. The van der Waals surface area contributed by atoms with Crippen LogP contribution < -0.4 is 0 Å². The van der Waals surface area contributed by atoms with Crippen LogP contribution in [0.3, 0.4) is 0 Å². The Hall–Kier alpha value is -1.80. The van der Waals surface area contributed by atoms with Crippen molar-refractivity contribution in [2.75, 3.05) is 0 Å². The number of carbonyl (C=O) groups excluding carboxylic acids is 2. The van der Waals surface area contributed by atoms with Crippen molar-refractivity contribution in [3.63, 3.8) is 0 Å². The van der Waals surface area contributed by atoms with E-state index < -0.39 is 42.1 Å². The van der Waals surface area contributed by atoms with E-state index in [0.717, 1.165) is 30.4 Å². The van der Waals surface area contributed by atoms with Crippen LogP contribution in [0.5, 0.6) is 0 Å². The highest BCUT2D eigenvalue weighted by molar-refractivity contribution is 5.80. The van der Waals surface area contributed by atoms with Crippen molar-refractivity contribution in [1.82, 2.24) is 0 Å². The fourth-order valence-electron chi connectivity index (χ4n) is 6.41. The molecule has 0 radical (unpaired) electrons. The number of ketones is 1. The number of allylic oxidation sites excluding steroid dienone is 2. The largest absolute Gasteiger partial charge is 0.462 e. The zero-order chi connectivity index (χ0) is 30.9. The van der Waals surface area contributed by atoms with Gasteiger partial charge in [-0.2, -0.15) is 0 Å². The van der Waals surface area contributed by atoms with Gasteiger partial charge in [0.1, 0.15) is 18.0 Å². The molecule has 0 unspecified atom stereocenters.